The van der Waals surface area contributed by atoms with Gasteiger partial charge in [-0.2, -0.15) is 13.2 Å². The van der Waals surface area contributed by atoms with Gasteiger partial charge in [-0.3, -0.25) is 9.36 Å². The summed E-state index contributed by atoms with van der Waals surface area (Å²) in [6, 6.07) is 19.7. The van der Waals surface area contributed by atoms with Crippen molar-refractivity contribution in [1.82, 2.24) is 9.55 Å². The molecule has 1 aromatic heterocycles. The van der Waals surface area contributed by atoms with Crippen molar-refractivity contribution in [1.29, 1.82) is 0 Å². The zero-order valence-electron chi connectivity index (χ0n) is 16.0. The number of para-hydroxylation sites is 1. The summed E-state index contributed by atoms with van der Waals surface area (Å²) < 4.78 is 40.5. The summed E-state index contributed by atoms with van der Waals surface area (Å²) in [5.74, 6) is 0.251. The molecule has 0 amide bonds. The normalized spacial score (nSPS) is 11.7. The maximum absolute atomic E-state index is 13.2. The number of thioether (sulfide) groups is 1. The molecule has 0 saturated carbocycles. The molecule has 7 heteroatoms. The molecule has 0 unspecified atom stereocenters. The molecule has 0 bridgehead atoms. The van der Waals surface area contributed by atoms with Crippen LogP contribution in [0.1, 0.15) is 16.7 Å². The number of halogens is 3. The van der Waals surface area contributed by atoms with Crippen molar-refractivity contribution in [3.63, 3.8) is 0 Å². The molecular weight excluding hydrogens is 409 g/mol. The van der Waals surface area contributed by atoms with Gasteiger partial charge in [0.1, 0.15) is 0 Å². The quantitative estimate of drug-likeness (QED) is 0.296. The summed E-state index contributed by atoms with van der Waals surface area (Å²) >= 11 is 1.23. The highest BCUT2D eigenvalue weighted by Gasteiger charge is 2.30. The van der Waals surface area contributed by atoms with E-state index in [-0.39, 0.29) is 11.3 Å². The van der Waals surface area contributed by atoms with Crippen LogP contribution in [0.15, 0.2) is 82.7 Å². The standard InChI is InChI=1S/C23H17F3N2OS/c1-15-9-11-18(12-10-15)28-21(29)19-7-2-3-8-20(19)27-22(28)30-14-16-5-4-6-17(13-16)23(24,25)26/h2-13H,14H2,1H3. The van der Waals surface area contributed by atoms with Crippen LogP contribution in [0.4, 0.5) is 13.2 Å². The largest absolute Gasteiger partial charge is 0.416 e. The van der Waals surface area contributed by atoms with Crippen molar-refractivity contribution in [2.24, 2.45) is 0 Å². The molecule has 0 atom stereocenters. The molecule has 0 aliphatic heterocycles. The maximum Gasteiger partial charge on any atom is 0.416 e. The van der Waals surface area contributed by atoms with Gasteiger partial charge in [-0.1, -0.05) is 59.8 Å². The Balaban J connectivity index is 1.77. The second kappa shape index (κ2) is 7.99. The molecule has 0 spiro atoms. The van der Waals surface area contributed by atoms with Crippen LogP contribution in [0.3, 0.4) is 0 Å². The van der Waals surface area contributed by atoms with Crippen molar-refractivity contribution in [3.8, 4) is 5.69 Å². The van der Waals surface area contributed by atoms with E-state index in [0.29, 0.717) is 27.3 Å². The SMILES string of the molecule is Cc1ccc(-n2c(SCc3cccc(C(F)(F)F)c3)nc3ccccc3c2=O)cc1. The molecule has 3 nitrogen and oxygen atoms in total. The Kier molecular flexibility index (Phi) is 5.39. The number of aryl methyl sites for hydroxylation is 1. The Morgan fingerprint density at radius 1 is 0.967 bits per heavy atom. The van der Waals surface area contributed by atoms with E-state index >= 15 is 0 Å². The van der Waals surface area contributed by atoms with Crippen LogP contribution in [-0.4, -0.2) is 9.55 Å². The van der Waals surface area contributed by atoms with Crippen LogP contribution >= 0.6 is 11.8 Å². The monoisotopic (exact) mass is 426 g/mol. The van der Waals surface area contributed by atoms with Gasteiger partial charge in [-0.05, 0) is 42.8 Å². The lowest BCUT2D eigenvalue weighted by Crippen LogP contribution is -2.21. The van der Waals surface area contributed by atoms with E-state index in [1.165, 1.54) is 22.4 Å². The van der Waals surface area contributed by atoms with E-state index in [0.717, 1.165) is 17.7 Å². The summed E-state index contributed by atoms with van der Waals surface area (Å²) in [4.78, 5) is 17.8. The van der Waals surface area contributed by atoms with Gasteiger partial charge in [0.25, 0.3) is 5.56 Å². The van der Waals surface area contributed by atoms with Crippen LogP contribution in [0.5, 0.6) is 0 Å². The van der Waals surface area contributed by atoms with E-state index < -0.39 is 11.7 Å². The summed E-state index contributed by atoms with van der Waals surface area (Å²) in [6.07, 6.45) is -4.40. The average molecular weight is 426 g/mol. The minimum Gasteiger partial charge on any atom is -0.268 e. The molecule has 4 rings (SSSR count). The molecule has 4 aromatic rings. The fraction of sp³-hybridized carbons (Fsp3) is 0.130. The number of aromatic nitrogens is 2. The van der Waals surface area contributed by atoms with Crippen molar-refractivity contribution >= 4 is 22.7 Å². The lowest BCUT2D eigenvalue weighted by atomic mass is 10.1. The summed E-state index contributed by atoms with van der Waals surface area (Å²) in [6.45, 7) is 1.95. The van der Waals surface area contributed by atoms with Crippen LogP contribution in [0.2, 0.25) is 0 Å². The third-order valence-electron chi connectivity index (χ3n) is 4.66. The topological polar surface area (TPSA) is 34.9 Å². The lowest BCUT2D eigenvalue weighted by Gasteiger charge is -2.14. The van der Waals surface area contributed by atoms with E-state index in [4.69, 9.17) is 0 Å². The molecule has 3 aromatic carbocycles. The van der Waals surface area contributed by atoms with Crippen molar-refractivity contribution in [2.75, 3.05) is 0 Å². The maximum atomic E-state index is 13.2. The van der Waals surface area contributed by atoms with Crippen LogP contribution < -0.4 is 5.56 Å². The third-order valence-corrected chi connectivity index (χ3v) is 5.67. The fourth-order valence-electron chi connectivity index (χ4n) is 3.12. The molecule has 0 fully saturated rings. The molecule has 0 aliphatic carbocycles. The Morgan fingerprint density at radius 3 is 2.43 bits per heavy atom. The Labute approximate surface area is 175 Å². The molecule has 152 valence electrons. The number of alkyl halides is 3. The number of benzene rings is 3. The van der Waals surface area contributed by atoms with Gasteiger partial charge in [0.2, 0.25) is 0 Å². The van der Waals surface area contributed by atoms with E-state index in [1.54, 1.807) is 30.3 Å². The average Bonchev–Trinajstić information content (AvgIpc) is 2.73. The highest BCUT2D eigenvalue weighted by Crippen LogP contribution is 2.31. The first kappa shape index (κ1) is 20.2. The van der Waals surface area contributed by atoms with Crippen LogP contribution in [0.25, 0.3) is 16.6 Å². The first-order chi connectivity index (χ1) is 14.3. The Morgan fingerprint density at radius 2 is 1.70 bits per heavy atom. The summed E-state index contributed by atoms with van der Waals surface area (Å²) in [5, 5.41) is 0.918. The van der Waals surface area contributed by atoms with Crippen molar-refractivity contribution in [3.05, 3.63) is 99.8 Å². The molecular formula is C23H17F3N2OS. The first-order valence-corrected chi connectivity index (χ1v) is 10.2. The van der Waals surface area contributed by atoms with Gasteiger partial charge in [-0.25, -0.2) is 4.98 Å². The molecule has 0 saturated heterocycles. The highest BCUT2D eigenvalue weighted by molar-refractivity contribution is 7.98. The van der Waals surface area contributed by atoms with E-state index in [9.17, 15) is 18.0 Å². The Bertz CT molecular complexity index is 1260. The molecule has 0 radical (unpaired) electrons. The van der Waals surface area contributed by atoms with E-state index in [2.05, 4.69) is 4.98 Å². The van der Waals surface area contributed by atoms with Crippen molar-refractivity contribution < 1.29 is 13.2 Å². The zero-order chi connectivity index (χ0) is 21.3. The van der Waals surface area contributed by atoms with Gasteiger partial charge in [0, 0.05) is 5.75 Å². The summed E-state index contributed by atoms with van der Waals surface area (Å²) in [7, 11) is 0. The fourth-order valence-corrected chi connectivity index (χ4v) is 4.07. The van der Waals surface area contributed by atoms with Crippen LogP contribution in [0, 0.1) is 6.92 Å². The molecule has 1 heterocycles. The number of nitrogens with zero attached hydrogens (tertiary/aromatic N) is 2. The minimum atomic E-state index is -4.40. The van der Waals surface area contributed by atoms with Crippen molar-refractivity contribution in [2.45, 2.75) is 24.0 Å². The predicted octanol–water partition coefficient (Wildman–Crippen LogP) is 6.01. The van der Waals surface area contributed by atoms with Gasteiger partial charge >= 0.3 is 6.18 Å². The minimum absolute atomic E-state index is 0.212. The first-order valence-electron chi connectivity index (χ1n) is 9.21. The molecule has 0 N–H and O–H groups in total. The summed E-state index contributed by atoms with van der Waals surface area (Å²) in [5.41, 5.74) is 1.87. The Hall–Kier alpha value is -3.06. The van der Waals surface area contributed by atoms with Gasteiger partial charge < -0.3 is 0 Å². The van der Waals surface area contributed by atoms with Gasteiger partial charge in [0.05, 0.1) is 22.2 Å². The molecule has 30 heavy (non-hydrogen) atoms. The lowest BCUT2D eigenvalue weighted by molar-refractivity contribution is -0.137. The highest BCUT2D eigenvalue weighted by atomic mass is 32.2. The number of rotatable bonds is 4. The third kappa shape index (κ3) is 4.11. The predicted molar refractivity (Wildman–Crippen MR) is 113 cm³/mol. The second-order valence-corrected chi connectivity index (χ2v) is 7.82. The number of fused-ring (bicyclic) bond motifs is 1. The van der Waals surface area contributed by atoms with Crippen LogP contribution in [-0.2, 0) is 11.9 Å². The van der Waals surface area contributed by atoms with Gasteiger partial charge in [-0.15, -0.1) is 0 Å². The zero-order valence-corrected chi connectivity index (χ0v) is 16.8. The second-order valence-electron chi connectivity index (χ2n) is 6.87. The smallest absolute Gasteiger partial charge is 0.268 e. The van der Waals surface area contributed by atoms with Gasteiger partial charge in [0.15, 0.2) is 5.16 Å². The molecule has 0 aliphatic rings. The number of hydrogen-bond donors (Lipinski definition) is 0. The van der Waals surface area contributed by atoms with E-state index in [1.807, 2.05) is 31.2 Å². The number of hydrogen-bond acceptors (Lipinski definition) is 3.